The number of fused-ring (bicyclic) bond motifs is 1. The van der Waals surface area contributed by atoms with E-state index in [1.54, 1.807) is 24.4 Å². The topological polar surface area (TPSA) is 89.5 Å². The second-order valence-corrected chi connectivity index (χ2v) is 9.71. The third kappa shape index (κ3) is 6.44. The maximum atomic E-state index is 13.4. The summed E-state index contributed by atoms with van der Waals surface area (Å²) in [6.07, 6.45) is 5.39. The standard InChI is InChI=1S/C31H29BrN4O3/c1-4-9-22-15-21(16-28(38-6-3)30(22)39-20-24-12-8-7-11-23(24)18-33)19-34-36-29(10-5-2)35-27-14-13-25(32)17-26(27)31(36)37/h4,7-8,11-17,19H,1,5-6,9-10,20H2,2-3H3. The summed E-state index contributed by atoms with van der Waals surface area (Å²) >= 11 is 3.44. The average molecular weight is 586 g/mol. The van der Waals surface area contributed by atoms with E-state index in [0.29, 0.717) is 53.2 Å². The first-order chi connectivity index (χ1) is 19.0. The Kier molecular flexibility index (Phi) is 9.29. The van der Waals surface area contributed by atoms with Crippen molar-refractivity contribution in [2.75, 3.05) is 6.61 Å². The fraction of sp³-hybridized carbons (Fsp3) is 0.226. The van der Waals surface area contributed by atoms with Gasteiger partial charge in [0.25, 0.3) is 5.56 Å². The molecule has 4 aromatic rings. The van der Waals surface area contributed by atoms with Crippen molar-refractivity contribution in [3.63, 3.8) is 0 Å². The van der Waals surface area contributed by atoms with Crippen LogP contribution < -0.4 is 15.0 Å². The monoisotopic (exact) mass is 584 g/mol. The summed E-state index contributed by atoms with van der Waals surface area (Å²) in [5, 5.41) is 14.5. The molecule has 3 aromatic carbocycles. The van der Waals surface area contributed by atoms with Gasteiger partial charge >= 0.3 is 0 Å². The molecule has 0 spiro atoms. The molecule has 0 radical (unpaired) electrons. The Bertz CT molecular complexity index is 1640. The van der Waals surface area contributed by atoms with E-state index in [0.717, 1.165) is 27.6 Å². The number of allylic oxidation sites excluding steroid dienone is 1. The van der Waals surface area contributed by atoms with Crippen LogP contribution in [-0.2, 0) is 19.4 Å². The van der Waals surface area contributed by atoms with E-state index < -0.39 is 0 Å². The van der Waals surface area contributed by atoms with Gasteiger partial charge in [0.1, 0.15) is 12.4 Å². The number of hydrogen-bond acceptors (Lipinski definition) is 6. The smallest absolute Gasteiger partial charge is 0.282 e. The quantitative estimate of drug-likeness (QED) is 0.147. The Morgan fingerprint density at radius 1 is 1.13 bits per heavy atom. The van der Waals surface area contributed by atoms with Gasteiger partial charge in [-0.2, -0.15) is 15.0 Å². The average Bonchev–Trinajstić information content (AvgIpc) is 2.93. The highest BCUT2D eigenvalue weighted by molar-refractivity contribution is 9.10. The molecule has 0 N–H and O–H groups in total. The van der Waals surface area contributed by atoms with E-state index in [1.807, 2.05) is 56.3 Å². The molecular formula is C31H29BrN4O3. The number of ether oxygens (including phenoxy) is 2. The summed E-state index contributed by atoms with van der Waals surface area (Å²) in [6.45, 7) is 8.48. The lowest BCUT2D eigenvalue weighted by molar-refractivity contribution is 0.267. The van der Waals surface area contributed by atoms with E-state index in [2.05, 4.69) is 33.7 Å². The highest BCUT2D eigenvalue weighted by Gasteiger charge is 2.15. The number of rotatable bonds is 11. The van der Waals surface area contributed by atoms with Gasteiger partial charge in [0, 0.05) is 22.0 Å². The molecule has 0 atom stereocenters. The first-order valence-corrected chi connectivity index (χ1v) is 13.5. The van der Waals surface area contributed by atoms with Gasteiger partial charge in [0.2, 0.25) is 0 Å². The number of aromatic nitrogens is 2. The minimum Gasteiger partial charge on any atom is -0.490 e. The van der Waals surface area contributed by atoms with Crippen molar-refractivity contribution in [1.82, 2.24) is 9.66 Å². The lowest BCUT2D eigenvalue weighted by Crippen LogP contribution is -2.22. The molecule has 0 amide bonds. The number of nitrogens with zero attached hydrogens (tertiary/aromatic N) is 4. The predicted octanol–water partition coefficient (Wildman–Crippen LogP) is 6.57. The van der Waals surface area contributed by atoms with Crippen molar-refractivity contribution < 1.29 is 9.47 Å². The first kappa shape index (κ1) is 27.8. The Hall–Kier alpha value is -4.22. The summed E-state index contributed by atoms with van der Waals surface area (Å²) in [5.41, 5.74) is 3.36. The molecule has 0 aliphatic rings. The van der Waals surface area contributed by atoms with Gasteiger partial charge in [-0.1, -0.05) is 47.1 Å². The van der Waals surface area contributed by atoms with Gasteiger partial charge in [0.15, 0.2) is 11.5 Å². The van der Waals surface area contributed by atoms with Crippen LogP contribution in [0, 0.1) is 11.3 Å². The zero-order chi connectivity index (χ0) is 27.8. The highest BCUT2D eigenvalue weighted by Crippen LogP contribution is 2.34. The van der Waals surface area contributed by atoms with Crippen LogP contribution in [0.5, 0.6) is 11.5 Å². The molecule has 0 aliphatic carbocycles. The molecule has 0 saturated carbocycles. The van der Waals surface area contributed by atoms with Gasteiger partial charge in [-0.25, -0.2) is 4.98 Å². The van der Waals surface area contributed by atoms with Crippen molar-refractivity contribution in [2.24, 2.45) is 5.10 Å². The molecule has 0 saturated heterocycles. The summed E-state index contributed by atoms with van der Waals surface area (Å²) in [5.74, 6) is 1.73. The third-order valence-corrected chi connectivity index (χ3v) is 6.49. The number of halogens is 1. The lowest BCUT2D eigenvalue weighted by Gasteiger charge is -2.17. The SMILES string of the molecule is C=CCc1cc(C=Nn2c(CCC)nc3ccc(Br)cc3c2=O)cc(OCC)c1OCc1ccccc1C#N. The second kappa shape index (κ2) is 13.0. The number of nitriles is 1. The van der Waals surface area contributed by atoms with Gasteiger partial charge in [-0.05, 0) is 61.7 Å². The molecule has 0 unspecified atom stereocenters. The molecule has 39 heavy (non-hydrogen) atoms. The van der Waals surface area contributed by atoms with Crippen molar-refractivity contribution in [3.05, 3.63) is 110 Å². The zero-order valence-electron chi connectivity index (χ0n) is 22.0. The molecule has 8 heteroatoms. The molecule has 198 valence electrons. The Labute approximate surface area is 236 Å². The predicted molar refractivity (Wildman–Crippen MR) is 158 cm³/mol. The van der Waals surface area contributed by atoms with Crippen LogP contribution in [0.1, 0.15) is 48.3 Å². The van der Waals surface area contributed by atoms with Crippen molar-refractivity contribution >= 4 is 33.0 Å². The fourth-order valence-electron chi connectivity index (χ4n) is 4.22. The maximum Gasteiger partial charge on any atom is 0.282 e. The van der Waals surface area contributed by atoms with Crippen LogP contribution in [0.2, 0.25) is 0 Å². The van der Waals surface area contributed by atoms with E-state index in [9.17, 15) is 10.1 Å². The molecule has 0 fully saturated rings. The minimum absolute atomic E-state index is 0.218. The second-order valence-electron chi connectivity index (χ2n) is 8.79. The summed E-state index contributed by atoms with van der Waals surface area (Å²) in [7, 11) is 0. The molecule has 0 bridgehead atoms. The van der Waals surface area contributed by atoms with Crippen LogP contribution in [0.15, 0.2) is 81.6 Å². The largest absolute Gasteiger partial charge is 0.490 e. The van der Waals surface area contributed by atoms with E-state index in [4.69, 9.17) is 14.5 Å². The van der Waals surface area contributed by atoms with Crippen LogP contribution >= 0.6 is 15.9 Å². The van der Waals surface area contributed by atoms with E-state index in [1.165, 1.54) is 4.68 Å². The van der Waals surface area contributed by atoms with Crippen molar-refractivity contribution in [1.29, 1.82) is 5.26 Å². The van der Waals surface area contributed by atoms with Gasteiger partial charge in [-0.15, -0.1) is 6.58 Å². The van der Waals surface area contributed by atoms with Gasteiger partial charge < -0.3 is 9.47 Å². The lowest BCUT2D eigenvalue weighted by atomic mass is 10.1. The van der Waals surface area contributed by atoms with Gasteiger partial charge in [-0.3, -0.25) is 4.79 Å². The molecule has 1 aromatic heterocycles. The summed E-state index contributed by atoms with van der Waals surface area (Å²) in [4.78, 5) is 18.1. The van der Waals surface area contributed by atoms with E-state index in [-0.39, 0.29) is 12.2 Å². The third-order valence-electron chi connectivity index (χ3n) is 6.00. The molecule has 0 aliphatic heterocycles. The number of hydrogen-bond donors (Lipinski definition) is 0. The molecule has 1 heterocycles. The normalized spacial score (nSPS) is 11.0. The summed E-state index contributed by atoms with van der Waals surface area (Å²) in [6, 6.07) is 18.8. The Morgan fingerprint density at radius 3 is 2.69 bits per heavy atom. The maximum absolute atomic E-state index is 13.4. The van der Waals surface area contributed by atoms with E-state index >= 15 is 0 Å². The van der Waals surface area contributed by atoms with Crippen LogP contribution in [-0.4, -0.2) is 22.5 Å². The van der Waals surface area contributed by atoms with Crippen LogP contribution in [0.4, 0.5) is 0 Å². The van der Waals surface area contributed by atoms with Crippen molar-refractivity contribution in [3.8, 4) is 17.6 Å². The molecule has 7 nitrogen and oxygen atoms in total. The van der Waals surface area contributed by atoms with Crippen molar-refractivity contribution in [2.45, 2.75) is 39.7 Å². The molecule has 4 rings (SSSR count). The van der Waals surface area contributed by atoms with Gasteiger partial charge in [0.05, 0.1) is 35.4 Å². The zero-order valence-corrected chi connectivity index (χ0v) is 23.6. The number of benzene rings is 3. The first-order valence-electron chi connectivity index (χ1n) is 12.8. The van der Waals surface area contributed by atoms with Crippen LogP contribution in [0.25, 0.3) is 10.9 Å². The fourth-order valence-corrected chi connectivity index (χ4v) is 4.58. The Balaban J connectivity index is 1.75. The highest BCUT2D eigenvalue weighted by atomic mass is 79.9. The Morgan fingerprint density at radius 2 is 1.95 bits per heavy atom. The van der Waals surface area contributed by atoms with Crippen LogP contribution in [0.3, 0.4) is 0 Å². The minimum atomic E-state index is -0.228. The summed E-state index contributed by atoms with van der Waals surface area (Å²) < 4.78 is 14.3. The molecular weight excluding hydrogens is 556 g/mol. The number of aryl methyl sites for hydroxylation is 1.